The summed E-state index contributed by atoms with van der Waals surface area (Å²) in [5, 5.41) is 3.65. The van der Waals surface area contributed by atoms with E-state index in [0.717, 1.165) is 22.2 Å². The molecule has 0 saturated carbocycles. The number of carbonyl (C=O) groups is 1. The number of hydrogen-bond acceptors (Lipinski definition) is 2. The highest BCUT2D eigenvalue weighted by atomic mass is 19.1. The second kappa shape index (κ2) is 7.78. The SMILES string of the molecule is Cc1ccc(OCC(=O)NCCc2c(C)[nH]c3c(F)ccc(C)c23)cc1F. The first-order valence-corrected chi connectivity index (χ1v) is 8.78. The summed E-state index contributed by atoms with van der Waals surface area (Å²) in [5.41, 5.74) is 3.88. The number of hydrogen-bond donors (Lipinski definition) is 2. The fraction of sp³-hybridized carbons (Fsp3) is 0.286. The van der Waals surface area contributed by atoms with E-state index in [4.69, 9.17) is 4.74 Å². The number of fused-ring (bicyclic) bond motifs is 1. The Morgan fingerprint density at radius 2 is 1.81 bits per heavy atom. The van der Waals surface area contributed by atoms with Gasteiger partial charge in [-0.2, -0.15) is 0 Å². The van der Waals surface area contributed by atoms with Crippen LogP contribution in [0.1, 0.15) is 22.4 Å². The minimum Gasteiger partial charge on any atom is -0.484 e. The Kier molecular flexibility index (Phi) is 5.44. The molecule has 0 fully saturated rings. The first kappa shape index (κ1) is 18.9. The van der Waals surface area contributed by atoms with Crippen molar-refractivity contribution >= 4 is 16.8 Å². The molecule has 27 heavy (non-hydrogen) atoms. The van der Waals surface area contributed by atoms with Crippen molar-refractivity contribution in [3.63, 3.8) is 0 Å². The van der Waals surface area contributed by atoms with Gasteiger partial charge in [0.25, 0.3) is 5.91 Å². The van der Waals surface area contributed by atoms with Crippen molar-refractivity contribution < 1.29 is 18.3 Å². The highest BCUT2D eigenvalue weighted by Crippen LogP contribution is 2.27. The fourth-order valence-electron chi connectivity index (χ4n) is 3.15. The Balaban J connectivity index is 1.57. The summed E-state index contributed by atoms with van der Waals surface area (Å²) in [7, 11) is 0. The van der Waals surface area contributed by atoms with Crippen molar-refractivity contribution in [3.8, 4) is 5.75 Å². The lowest BCUT2D eigenvalue weighted by Crippen LogP contribution is -2.30. The molecule has 0 radical (unpaired) electrons. The van der Waals surface area contributed by atoms with E-state index in [9.17, 15) is 13.6 Å². The zero-order valence-corrected chi connectivity index (χ0v) is 15.6. The molecule has 4 nitrogen and oxygen atoms in total. The molecule has 0 aliphatic carbocycles. The van der Waals surface area contributed by atoms with Crippen LogP contribution in [0.25, 0.3) is 10.9 Å². The Morgan fingerprint density at radius 3 is 2.56 bits per heavy atom. The Labute approximate surface area is 156 Å². The van der Waals surface area contributed by atoms with Crippen molar-refractivity contribution in [1.82, 2.24) is 10.3 Å². The maximum atomic E-state index is 14.0. The van der Waals surface area contributed by atoms with Gasteiger partial charge in [-0.1, -0.05) is 12.1 Å². The fourth-order valence-corrected chi connectivity index (χ4v) is 3.15. The number of benzene rings is 2. The number of carbonyl (C=O) groups excluding carboxylic acids is 1. The summed E-state index contributed by atoms with van der Waals surface area (Å²) in [6, 6.07) is 7.68. The van der Waals surface area contributed by atoms with E-state index in [2.05, 4.69) is 10.3 Å². The molecule has 0 unspecified atom stereocenters. The third-order valence-corrected chi connectivity index (χ3v) is 4.64. The van der Waals surface area contributed by atoms with Crippen LogP contribution in [0.2, 0.25) is 0 Å². The van der Waals surface area contributed by atoms with Gasteiger partial charge in [0.15, 0.2) is 6.61 Å². The van der Waals surface area contributed by atoms with E-state index in [1.807, 2.05) is 13.8 Å². The molecular formula is C21H22F2N2O2. The zero-order chi connectivity index (χ0) is 19.6. The maximum Gasteiger partial charge on any atom is 0.257 e. The number of nitrogens with one attached hydrogen (secondary N) is 2. The molecule has 3 aromatic rings. The van der Waals surface area contributed by atoms with Gasteiger partial charge in [0, 0.05) is 23.7 Å². The number of H-pyrrole nitrogens is 1. The van der Waals surface area contributed by atoms with Crippen LogP contribution in [0.5, 0.6) is 5.75 Å². The first-order chi connectivity index (χ1) is 12.9. The molecule has 142 valence electrons. The molecule has 0 bridgehead atoms. The normalized spacial score (nSPS) is 11.0. The summed E-state index contributed by atoms with van der Waals surface area (Å²) in [4.78, 5) is 15.1. The molecule has 1 aromatic heterocycles. The predicted octanol–water partition coefficient (Wildman–Crippen LogP) is 4.11. The van der Waals surface area contributed by atoms with Crippen LogP contribution in [0.15, 0.2) is 30.3 Å². The van der Waals surface area contributed by atoms with E-state index in [1.165, 1.54) is 12.1 Å². The maximum absolute atomic E-state index is 14.0. The molecule has 0 spiro atoms. The van der Waals surface area contributed by atoms with Gasteiger partial charge in [0.1, 0.15) is 17.4 Å². The van der Waals surface area contributed by atoms with Crippen LogP contribution < -0.4 is 10.1 Å². The summed E-state index contributed by atoms with van der Waals surface area (Å²) in [6.07, 6.45) is 0.570. The Morgan fingerprint density at radius 1 is 1.07 bits per heavy atom. The zero-order valence-electron chi connectivity index (χ0n) is 15.6. The van der Waals surface area contributed by atoms with Gasteiger partial charge in [-0.15, -0.1) is 0 Å². The second-order valence-electron chi connectivity index (χ2n) is 6.64. The van der Waals surface area contributed by atoms with Crippen molar-refractivity contribution in [2.24, 2.45) is 0 Å². The van der Waals surface area contributed by atoms with Crippen LogP contribution in [0.4, 0.5) is 8.78 Å². The lowest BCUT2D eigenvalue weighted by Gasteiger charge is -2.09. The van der Waals surface area contributed by atoms with Crippen molar-refractivity contribution in [1.29, 1.82) is 0 Å². The molecular weight excluding hydrogens is 350 g/mol. The molecule has 3 rings (SSSR count). The van der Waals surface area contributed by atoms with E-state index < -0.39 is 0 Å². The molecule has 0 aliphatic rings. The van der Waals surface area contributed by atoms with E-state index in [1.54, 1.807) is 25.1 Å². The van der Waals surface area contributed by atoms with Gasteiger partial charge in [-0.05, 0) is 56.0 Å². The van der Waals surface area contributed by atoms with Crippen LogP contribution in [-0.4, -0.2) is 24.0 Å². The summed E-state index contributed by atoms with van der Waals surface area (Å²) in [6.45, 7) is 5.69. The molecule has 6 heteroatoms. The second-order valence-corrected chi connectivity index (χ2v) is 6.64. The van der Waals surface area contributed by atoms with E-state index in [-0.39, 0.29) is 24.1 Å². The Hall–Kier alpha value is -2.89. The lowest BCUT2D eigenvalue weighted by molar-refractivity contribution is -0.123. The average Bonchev–Trinajstić information content (AvgIpc) is 2.97. The van der Waals surface area contributed by atoms with Crippen LogP contribution in [0.3, 0.4) is 0 Å². The van der Waals surface area contributed by atoms with E-state index >= 15 is 0 Å². The standard InChI is InChI=1S/C21H22F2N2O2/c1-12-4-6-15(10-18(12)23)27-11-19(26)24-9-8-16-14(3)25-21-17(22)7-5-13(2)20(16)21/h4-7,10,25H,8-9,11H2,1-3H3,(H,24,26). The predicted molar refractivity (Wildman–Crippen MR) is 101 cm³/mol. The Bertz CT molecular complexity index is 996. The highest BCUT2D eigenvalue weighted by Gasteiger charge is 2.14. The monoisotopic (exact) mass is 372 g/mol. The number of halogens is 2. The highest BCUT2D eigenvalue weighted by molar-refractivity contribution is 5.88. The molecule has 1 heterocycles. The molecule has 0 saturated heterocycles. The number of ether oxygens (including phenoxy) is 1. The number of aromatic nitrogens is 1. The van der Waals surface area contributed by atoms with Gasteiger partial charge < -0.3 is 15.0 Å². The van der Waals surface area contributed by atoms with Crippen LogP contribution in [-0.2, 0) is 11.2 Å². The molecule has 2 aromatic carbocycles. The number of aryl methyl sites for hydroxylation is 3. The van der Waals surface area contributed by atoms with Crippen molar-refractivity contribution in [2.75, 3.05) is 13.2 Å². The topological polar surface area (TPSA) is 54.1 Å². The minimum absolute atomic E-state index is 0.191. The average molecular weight is 372 g/mol. The smallest absolute Gasteiger partial charge is 0.257 e. The van der Waals surface area contributed by atoms with Crippen LogP contribution in [0, 0.1) is 32.4 Å². The van der Waals surface area contributed by atoms with Gasteiger partial charge in [-0.25, -0.2) is 8.78 Å². The minimum atomic E-state index is -0.370. The van der Waals surface area contributed by atoms with Crippen molar-refractivity contribution in [3.05, 3.63) is 64.4 Å². The van der Waals surface area contributed by atoms with Crippen molar-refractivity contribution in [2.45, 2.75) is 27.2 Å². The summed E-state index contributed by atoms with van der Waals surface area (Å²) < 4.78 is 32.8. The molecule has 0 atom stereocenters. The number of amides is 1. The molecule has 1 amide bonds. The third-order valence-electron chi connectivity index (χ3n) is 4.64. The van der Waals surface area contributed by atoms with Crippen LogP contribution >= 0.6 is 0 Å². The van der Waals surface area contributed by atoms with Gasteiger partial charge in [-0.3, -0.25) is 4.79 Å². The number of aromatic amines is 1. The van der Waals surface area contributed by atoms with Gasteiger partial charge in [0.05, 0.1) is 5.52 Å². The summed E-state index contributed by atoms with van der Waals surface area (Å²) in [5.74, 6) is -0.638. The third kappa shape index (κ3) is 4.10. The van der Waals surface area contributed by atoms with Gasteiger partial charge >= 0.3 is 0 Å². The first-order valence-electron chi connectivity index (χ1n) is 8.78. The largest absolute Gasteiger partial charge is 0.484 e. The lowest BCUT2D eigenvalue weighted by atomic mass is 10.0. The number of rotatable bonds is 6. The van der Waals surface area contributed by atoms with E-state index in [0.29, 0.717) is 29.8 Å². The quantitative estimate of drug-likeness (QED) is 0.684. The molecule has 2 N–H and O–H groups in total. The van der Waals surface area contributed by atoms with Gasteiger partial charge in [0.2, 0.25) is 0 Å². The molecule has 0 aliphatic heterocycles. The summed E-state index contributed by atoms with van der Waals surface area (Å²) >= 11 is 0.